The number of guanidine groups is 1. The van der Waals surface area contributed by atoms with Gasteiger partial charge in [0, 0.05) is 31.8 Å². The van der Waals surface area contributed by atoms with E-state index in [2.05, 4.69) is 27.8 Å². The number of fused-ring (bicyclic) bond motifs is 1. The molecule has 0 aliphatic carbocycles. The van der Waals surface area contributed by atoms with Crippen LogP contribution in [0.1, 0.15) is 12.0 Å². The Balaban J connectivity index is 1.64. The molecule has 120 valence electrons. The third kappa shape index (κ3) is 4.16. The Morgan fingerprint density at radius 2 is 1.83 bits per heavy atom. The lowest BCUT2D eigenvalue weighted by Gasteiger charge is -2.14. The number of benzene rings is 2. The van der Waals surface area contributed by atoms with Crippen LogP contribution >= 0.6 is 0 Å². The number of hydrogen-bond donors (Lipinski definition) is 2. The van der Waals surface area contributed by atoms with E-state index >= 15 is 0 Å². The molecule has 0 spiro atoms. The van der Waals surface area contributed by atoms with Crippen molar-refractivity contribution < 1.29 is 9.47 Å². The summed E-state index contributed by atoms with van der Waals surface area (Å²) >= 11 is 0. The van der Waals surface area contributed by atoms with Crippen LogP contribution < -0.4 is 20.1 Å². The second-order valence-electron chi connectivity index (χ2n) is 5.25. The summed E-state index contributed by atoms with van der Waals surface area (Å²) < 4.78 is 11.3. The van der Waals surface area contributed by atoms with Crippen molar-refractivity contribution in [1.29, 1.82) is 0 Å². The smallest absolute Gasteiger partial charge is 0.195 e. The lowest BCUT2D eigenvalue weighted by Crippen LogP contribution is -2.30. The van der Waals surface area contributed by atoms with Gasteiger partial charge < -0.3 is 20.1 Å². The van der Waals surface area contributed by atoms with Gasteiger partial charge in [0.1, 0.15) is 0 Å². The molecule has 0 saturated heterocycles. The zero-order chi connectivity index (χ0) is 15.9. The molecule has 1 aliphatic heterocycles. The first-order chi connectivity index (χ1) is 11.3. The van der Waals surface area contributed by atoms with Crippen molar-refractivity contribution in [3.05, 3.63) is 54.1 Å². The predicted molar refractivity (Wildman–Crippen MR) is 92.3 cm³/mol. The summed E-state index contributed by atoms with van der Waals surface area (Å²) in [6.45, 7) is 2.09. The van der Waals surface area contributed by atoms with Crippen LogP contribution in [-0.2, 0) is 6.54 Å². The Kier molecular flexibility index (Phi) is 4.99. The maximum atomic E-state index is 5.71. The van der Waals surface area contributed by atoms with Crippen molar-refractivity contribution in [3.8, 4) is 11.5 Å². The molecule has 3 rings (SSSR count). The standard InChI is InChI=1S/C18H21N3O2/c1-19-18(20-13-14-6-3-2-4-7-14)21-15-8-9-16-17(12-15)23-11-5-10-22-16/h2-4,6-9,12H,5,10-11,13H2,1H3,(H2,19,20,21). The van der Waals surface area contributed by atoms with E-state index in [1.54, 1.807) is 7.05 Å². The van der Waals surface area contributed by atoms with Crippen molar-refractivity contribution in [2.24, 2.45) is 4.99 Å². The monoisotopic (exact) mass is 311 g/mol. The average Bonchev–Trinajstić information content (AvgIpc) is 2.84. The summed E-state index contributed by atoms with van der Waals surface area (Å²) in [5.74, 6) is 2.27. The van der Waals surface area contributed by atoms with Crippen LogP contribution in [-0.4, -0.2) is 26.2 Å². The fraction of sp³-hybridized carbons (Fsp3) is 0.278. The van der Waals surface area contributed by atoms with Gasteiger partial charge in [-0.05, 0) is 17.7 Å². The number of hydrogen-bond acceptors (Lipinski definition) is 3. The highest BCUT2D eigenvalue weighted by Crippen LogP contribution is 2.32. The fourth-order valence-electron chi connectivity index (χ4n) is 2.34. The van der Waals surface area contributed by atoms with Gasteiger partial charge in [0.2, 0.25) is 0 Å². The summed E-state index contributed by atoms with van der Waals surface area (Å²) in [6, 6.07) is 16.0. The van der Waals surface area contributed by atoms with Crippen LogP contribution in [0.2, 0.25) is 0 Å². The fourth-order valence-corrected chi connectivity index (χ4v) is 2.34. The van der Waals surface area contributed by atoms with Crippen molar-refractivity contribution in [2.75, 3.05) is 25.6 Å². The van der Waals surface area contributed by atoms with Crippen molar-refractivity contribution >= 4 is 11.6 Å². The third-order valence-electron chi connectivity index (χ3n) is 3.54. The molecule has 1 aliphatic rings. The van der Waals surface area contributed by atoms with E-state index in [4.69, 9.17) is 9.47 Å². The highest BCUT2D eigenvalue weighted by molar-refractivity contribution is 5.93. The lowest BCUT2D eigenvalue weighted by molar-refractivity contribution is 0.297. The minimum atomic E-state index is 0.678. The van der Waals surface area contributed by atoms with Gasteiger partial charge >= 0.3 is 0 Å². The molecule has 0 radical (unpaired) electrons. The molecule has 5 nitrogen and oxygen atoms in total. The normalized spacial score (nSPS) is 14.0. The Morgan fingerprint density at radius 1 is 1.04 bits per heavy atom. The van der Waals surface area contributed by atoms with Gasteiger partial charge in [0.15, 0.2) is 17.5 Å². The molecule has 0 unspecified atom stereocenters. The lowest BCUT2D eigenvalue weighted by atomic mass is 10.2. The summed E-state index contributed by atoms with van der Waals surface area (Å²) in [4.78, 5) is 4.25. The van der Waals surface area contributed by atoms with Gasteiger partial charge in [-0.25, -0.2) is 0 Å². The molecule has 0 aromatic heterocycles. The van der Waals surface area contributed by atoms with E-state index in [9.17, 15) is 0 Å². The summed E-state index contributed by atoms with van der Waals surface area (Å²) in [5.41, 5.74) is 2.12. The first-order valence-electron chi connectivity index (χ1n) is 7.76. The van der Waals surface area contributed by atoms with E-state index in [0.29, 0.717) is 25.7 Å². The summed E-state index contributed by atoms with van der Waals surface area (Å²) in [6.07, 6.45) is 0.901. The van der Waals surface area contributed by atoms with E-state index in [-0.39, 0.29) is 0 Å². The molecule has 0 fully saturated rings. The number of nitrogens with zero attached hydrogens (tertiary/aromatic N) is 1. The number of rotatable bonds is 3. The van der Waals surface area contributed by atoms with Crippen LogP contribution in [0.3, 0.4) is 0 Å². The van der Waals surface area contributed by atoms with E-state index in [1.807, 2.05) is 36.4 Å². The minimum Gasteiger partial charge on any atom is -0.490 e. The van der Waals surface area contributed by atoms with Gasteiger partial charge in [-0.2, -0.15) is 0 Å². The third-order valence-corrected chi connectivity index (χ3v) is 3.54. The maximum absolute atomic E-state index is 5.71. The Bertz CT molecular complexity index is 671. The van der Waals surface area contributed by atoms with Gasteiger partial charge in [-0.3, -0.25) is 4.99 Å². The molecule has 2 aromatic rings. The average molecular weight is 311 g/mol. The minimum absolute atomic E-state index is 0.678. The van der Waals surface area contributed by atoms with Crippen molar-refractivity contribution in [2.45, 2.75) is 13.0 Å². The molecule has 0 amide bonds. The van der Waals surface area contributed by atoms with E-state index < -0.39 is 0 Å². The van der Waals surface area contributed by atoms with Crippen molar-refractivity contribution in [3.63, 3.8) is 0 Å². The van der Waals surface area contributed by atoms with Crippen LogP contribution in [0.4, 0.5) is 5.69 Å². The zero-order valence-corrected chi connectivity index (χ0v) is 13.2. The molecule has 0 bridgehead atoms. The second-order valence-corrected chi connectivity index (χ2v) is 5.25. The number of anilines is 1. The van der Waals surface area contributed by atoms with Gasteiger partial charge in [-0.15, -0.1) is 0 Å². The molecular weight excluding hydrogens is 290 g/mol. The largest absolute Gasteiger partial charge is 0.490 e. The molecule has 0 atom stereocenters. The first kappa shape index (κ1) is 15.2. The first-order valence-corrected chi connectivity index (χ1v) is 7.76. The summed E-state index contributed by atoms with van der Waals surface area (Å²) in [7, 11) is 1.75. The van der Waals surface area contributed by atoms with Crippen molar-refractivity contribution in [1.82, 2.24) is 5.32 Å². The molecule has 0 saturated carbocycles. The summed E-state index contributed by atoms with van der Waals surface area (Å²) in [5, 5.41) is 6.57. The van der Waals surface area contributed by atoms with E-state index in [1.165, 1.54) is 5.56 Å². The number of aliphatic imine (C=N–C) groups is 1. The number of ether oxygens (including phenoxy) is 2. The molecule has 5 heteroatoms. The molecule has 1 heterocycles. The predicted octanol–water partition coefficient (Wildman–Crippen LogP) is 3.04. The zero-order valence-electron chi connectivity index (χ0n) is 13.2. The maximum Gasteiger partial charge on any atom is 0.195 e. The highest BCUT2D eigenvalue weighted by Gasteiger charge is 2.11. The van der Waals surface area contributed by atoms with Crippen LogP contribution in [0, 0.1) is 0 Å². The van der Waals surface area contributed by atoms with Gasteiger partial charge in [-0.1, -0.05) is 30.3 Å². The Labute approximate surface area is 136 Å². The highest BCUT2D eigenvalue weighted by atomic mass is 16.5. The Morgan fingerprint density at radius 3 is 2.61 bits per heavy atom. The van der Waals surface area contributed by atoms with Gasteiger partial charge in [0.05, 0.1) is 13.2 Å². The SMILES string of the molecule is CN=C(NCc1ccccc1)Nc1ccc2c(c1)OCCCO2. The molecule has 2 N–H and O–H groups in total. The van der Waals surface area contributed by atoms with Crippen LogP contribution in [0.25, 0.3) is 0 Å². The van der Waals surface area contributed by atoms with Crippen LogP contribution in [0.5, 0.6) is 11.5 Å². The van der Waals surface area contributed by atoms with Crippen LogP contribution in [0.15, 0.2) is 53.5 Å². The second kappa shape index (κ2) is 7.54. The quantitative estimate of drug-likeness (QED) is 0.676. The van der Waals surface area contributed by atoms with E-state index in [0.717, 1.165) is 23.6 Å². The topological polar surface area (TPSA) is 54.9 Å². The van der Waals surface area contributed by atoms with Gasteiger partial charge in [0.25, 0.3) is 0 Å². The molecule has 2 aromatic carbocycles. The number of nitrogens with one attached hydrogen (secondary N) is 2. The molecule has 23 heavy (non-hydrogen) atoms. The molecular formula is C18H21N3O2. The Hall–Kier alpha value is -2.69.